The average Bonchev–Trinajstić information content (AvgIpc) is 2.77. The van der Waals surface area contributed by atoms with Crippen LogP contribution >= 0.6 is 0 Å². The molecule has 7 heteroatoms. The van der Waals surface area contributed by atoms with Gasteiger partial charge in [0.25, 0.3) is 11.5 Å². The van der Waals surface area contributed by atoms with Crippen molar-refractivity contribution in [2.45, 2.75) is 6.92 Å². The van der Waals surface area contributed by atoms with E-state index in [1.54, 1.807) is 74.7 Å². The molecule has 150 valence electrons. The number of fused-ring (bicyclic) bond motifs is 1. The van der Waals surface area contributed by atoms with Crippen LogP contribution in [0.15, 0.2) is 71.5 Å². The number of methoxy groups -OCH3 is 1. The Hall–Kier alpha value is -4.00. The maximum atomic E-state index is 13.9. The van der Waals surface area contributed by atoms with Gasteiger partial charge in [0.1, 0.15) is 11.6 Å². The monoisotopic (exact) mass is 403 g/mol. The molecule has 0 aliphatic rings. The van der Waals surface area contributed by atoms with Crippen LogP contribution in [-0.4, -0.2) is 22.8 Å². The predicted molar refractivity (Wildman–Crippen MR) is 113 cm³/mol. The SMILES string of the molecule is COc1ccc(-n2nc(C(=O)Nc3ccc(C)c(F)c3)c3ccccc3c2=O)cc1. The Bertz CT molecular complexity index is 1310. The number of aryl methyl sites for hydroxylation is 1. The van der Waals surface area contributed by atoms with Crippen molar-refractivity contribution in [3.63, 3.8) is 0 Å². The van der Waals surface area contributed by atoms with E-state index in [1.165, 1.54) is 10.7 Å². The Labute approximate surface area is 171 Å². The van der Waals surface area contributed by atoms with Crippen LogP contribution in [0.4, 0.5) is 10.1 Å². The number of amides is 1. The van der Waals surface area contributed by atoms with Crippen LogP contribution in [-0.2, 0) is 0 Å². The average molecular weight is 403 g/mol. The molecule has 30 heavy (non-hydrogen) atoms. The third-order valence-corrected chi connectivity index (χ3v) is 4.77. The van der Waals surface area contributed by atoms with E-state index in [9.17, 15) is 14.0 Å². The molecule has 0 unspecified atom stereocenters. The van der Waals surface area contributed by atoms with Gasteiger partial charge in [-0.05, 0) is 55.0 Å². The number of aromatic nitrogens is 2. The zero-order valence-electron chi connectivity index (χ0n) is 16.3. The lowest BCUT2D eigenvalue weighted by atomic mass is 10.1. The first kappa shape index (κ1) is 19.3. The lowest BCUT2D eigenvalue weighted by Gasteiger charge is -2.12. The van der Waals surface area contributed by atoms with Gasteiger partial charge in [-0.2, -0.15) is 9.78 Å². The lowest BCUT2D eigenvalue weighted by molar-refractivity contribution is 0.102. The van der Waals surface area contributed by atoms with Crippen molar-refractivity contribution in [3.05, 3.63) is 94.2 Å². The molecule has 1 aromatic heterocycles. The molecule has 0 saturated carbocycles. The lowest BCUT2D eigenvalue weighted by Crippen LogP contribution is -2.26. The first-order chi connectivity index (χ1) is 14.5. The molecule has 0 fully saturated rings. The van der Waals surface area contributed by atoms with Crippen LogP contribution in [0.2, 0.25) is 0 Å². The van der Waals surface area contributed by atoms with Crippen LogP contribution in [0, 0.1) is 12.7 Å². The first-order valence-electron chi connectivity index (χ1n) is 9.22. The third-order valence-electron chi connectivity index (χ3n) is 4.77. The predicted octanol–water partition coefficient (Wildman–Crippen LogP) is 4.09. The third kappa shape index (κ3) is 3.53. The molecule has 1 N–H and O–H groups in total. The molecule has 0 atom stereocenters. The molecular formula is C23H18FN3O3. The number of carbonyl (C=O) groups is 1. The summed E-state index contributed by atoms with van der Waals surface area (Å²) >= 11 is 0. The summed E-state index contributed by atoms with van der Waals surface area (Å²) < 4.78 is 20.2. The van der Waals surface area contributed by atoms with E-state index in [0.717, 1.165) is 0 Å². The van der Waals surface area contributed by atoms with Crippen molar-refractivity contribution in [2.75, 3.05) is 12.4 Å². The summed E-state index contributed by atoms with van der Waals surface area (Å²) in [4.78, 5) is 26.0. The number of carbonyl (C=O) groups excluding carboxylic acids is 1. The Morgan fingerprint density at radius 3 is 2.40 bits per heavy atom. The highest BCUT2D eigenvalue weighted by molar-refractivity contribution is 6.11. The number of halogens is 1. The quantitative estimate of drug-likeness (QED) is 0.557. The van der Waals surface area contributed by atoms with Gasteiger partial charge in [-0.15, -0.1) is 0 Å². The number of anilines is 1. The molecule has 6 nitrogen and oxygen atoms in total. The molecule has 0 spiro atoms. The van der Waals surface area contributed by atoms with Crippen molar-refractivity contribution in [1.29, 1.82) is 0 Å². The van der Waals surface area contributed by atoms with E-state index < -0.39 is 11.7 Å². The van der Waals surface area contributed by atoms with Gasteiger partial charge in [0.15, 0.2) is 5.69 Å². The van der Waals surface area contributed by atoms with E-state index in [0.29, 0.717) is 33.5 Å². The minimum Gasteiger partial charge on any atom is -0.497 e. The highest BCUT2D eigenvalue weighted by Gasteiger charge is 2.18. The van der Waals surface area contributed by atoms with E-state index in [-0.39, 0.29) is 11.3 Å². The van der Waals surface area contributed by atoms with E-state index >= 15 is 0 Å². The number of hydrogen-bond donors (Lipinski definition) is 1. The fourth-order valence-electron chi connectivity index (χ4n) is 3.12. The minimum atomic E-state index is -0.545. The van der Waals surface area contributed by atoms with Crippen LogP contribution in [0.1, 0.15) is 16.1 Å². The van der Waals surface area contributed by atoms with Gasteiger partial charge >= 0.3 is 0 Å². The standard InChI is InChI=1S/C23H18FN3O3/c1-14-7-8-15(13-20(14)24)25-22(28)21-18-5-3-4-6-19(18)23(29)27(26-21)16-9-11-17(30-2)12-10-16/h3-13H,1-2H3,(H,25,28). The van der Waals surface area contributed by atoms with Gasteiger partial charge in [-0.1, -0.05) is 24.3 Å². The second kappa shape index (κ2) is 7.79. The second-order valence-corrected chi connectivity index (χ2v) is 6.73. The molecular weight excluding hydrogens is 385 g/mol. The summed E-state index contributed by atoms with van der Waals surface area (Å²) in [5.74, 6) is -0.336. The number of ether oxygens (including phenoxy) is 1. The smallest absolute Gasteiger partial charge is 0.279 e. The van der Waals surface area contributed by atoms with Crippen LogP contribution in [0.3, 0.4) is 0 Å². The molecule has 3 aromatic carbocycles. The Morgan fingerprint density at radius 2 is 1.73 bits per heavy atom. The van der Waals surface area contributed by atoms with Gasteiger partial charge in [0, 0.05) is 11.1 Å². The Kier molecular flexibility index (Phi) is 5.02. The summed E-state index contributed by atoms with van der Waals surface area (Å²) in [6, 6.07) is 17.9. The highest BCUT2D eigenvalue weighted by atomic mass is 19.1. The largest absolute Gasteiger partial charge is 0.497 e. The topological polar surface area (TPSA) is 73.2 Å². The van der Waals surface area contributed by atoms with Gasteiger partial charge in [-0.3, -0.25) is 9.59 Å². The number of rotatable bonds is 4. The zero-order valence-corrected chi connectivity index (χ0v) is 16.3. The first-order valence-corrected chi connectivity index (χ1v) is 9.22. The fraction of sp³-hybridized carbons (Fsp3) is 0.0870. The van der Waals surface area contributed by atoms with E-state index in [2.05, 4.69) is 10.4 Å². The van der Waals surface area contributed by atoms with Crippen LogP contribution in [0.25, 0.3) is 16.5 Å². The normalized spacial score (nSPS) is 10.8. The Morgan fingerprint density at radius 1 is 1.03 bits per heavy atom. The van der Waals surface area contributed by atoms with Crippen molar-refractivity contribution < 1.29 is 13.9 Å². The minimum absolute atomic E-state index is 0.0574. The summed E-state index contributed by atoms with van der Waals surface area (Å²) in [6.45, 7) is 1.64. The molecule has 0 radical (unpaired) electrons. The van der Waals surface area contributed by atoms with Crippen LogP contribution in [0.5, 0.6) is 5.75 Å². The summed E-state index contributed by atoms with van der Waals surface area (Å²) in [6.07, 6.45) is 0. The Balaban J connectivity index is 1.83. The van der Waals surface area contributed by atoms with E-state index in [1.807, 2.05) is 0 Å². The second-order valence-electron chi connectivity index (χ2n) is 6.73. The highest BCUT2D eigenvalue weighted by Crippen LogP contribution is 2.19. The zero-order chi connectivity index (χ0) is 21.3. The summed E-state index contributed by atoms with van der Waals surface area (Å²) in [5.41, 5.74) is 0.971. The van der Waals surface area contributed by atoms with Gasteiger partial charge in [0.05, 0.1) is 18.2 Å². The number of benzene rings is 3. The summed E-state index contributed by atoms with van der Waals surface area (Å²) in [5, 5.41) is 7.74. The van der Waals surface area contributed by atoms with Crippen LogP contribution < -0.4 is 15.6 Å². The van der Waals surface area contributed by atoms with E-state index in [4.69, 9.17) is 4.74 Å². The number of nitrogens with one attached hydrogen (secondary N) is 1. The molecule has 0 saturated heterocycles. The molecule has 4 aromatic rings. The number of nitrogens with zero attached hydrogens (tertiary/aromatic N) is 2. The maximum absolute atomic E-state index is 13.9. The van der Waals surface area contributed by atoms with Gasteiger partial charge in [0.2, 0.25) is 0 Å². The number of hydrogen-bond acceptors (Lipinski definition) is 4. The molecule has 0 aliphatic carbocycles. The fourth-order valence-corrected chi connectivity index (χ4v) is 3.12. The van der Waals surface area contributed by atoms with Crippen molar-refractivity contribution in [3.8, 4) is 11.4 Å². The molecule has 1 heterocycles. The van der Waals surface area contributed by atoms with Crippen molar-refractivity contribution in [2.24, 2.45) is 0 Å². The molecule has 1 amide bonds. The summed E-state index contributed by atoms with van der Waals surface area (Å²) in [7, 11) is 1.55. The van der Waals surface area contributed by atoms with Crippen molar-refractivity contribution >= 4 is 22.4 Å². The molecule has 0 aliphatic heterocycles. The maximum Gasteiger partial charge on any atom is 0.279 e. The molecule has 0 bridgehead atoms. The van der Waals surface area contributed by atoms with Gasteiger partial charge < -0.3 is 10.1 Å². The molecule has 4 rings (SSSR count). The van der Waals surface area contributed by atoms with Gasteiger partial charge in [-0.25, -0.2) is 4.39 Å². The van der Waals surface area contributed by atoms with Crippen molar-refractivity contribution in [1.82, 2.24) is 9.78 Å².